The van der Waals surface area contributed by atoms with E-state index in [-0.39, 0.29) is 28.8 Å². The predicted molar refractivity (Wildman–Crippen MR) is 123 cm³/mol. The molecule has 2 aromatic heterocycles. The quantitative estimate of drug-likeness (QED) is 0.527. The molecule has 34 heavy (non-hydrogen) atoms. The minimum absolute atomic E-state index is 0.112. The van der Waals surface area contributed by atoms with Crippen LogP contribution in [-0.4, -0.2) is 64.3 Å². The van der Waals surface area contributed by atoms with Gasteiger partial charge >= 0.3 is 0 Å². The van der Waals surface area contributed by atoms with Crippen LogP contribution in [0, 0.1) is 0 Å². The van der Waals surface area contributed by atoms with Gasteiger partial charge in [-0.05, 0) is 24.6 Å². The zero-order valence-corrected chi connectivity index (χ0v) is 18.9. The third-order valence-electron chi connectivity index (χ3n) is 5.49. The van der Waals surface area contributed by atoms with Crippen LogP contribution in [-0.2, 0) is 4.74 Å². The third kappa shape index (κ3) is 4.97. The van der Waals surface area contributed by atoms with Crippen LogP contribution in [0.15, 0.2) is 42.7 Å². The van der Waals surface area contributed by atoms with Gasteiger partial charge in [-0.2, -0.15) is 5.10 Å². The second kappa shape index (κ2) is 9.70. The van der Waals surface area contributed by atoms with Crippen molar-refractivity contribution in [3.05, 3.63) is 58.9 Å². The van der Waals surface area contributed by atoms with Crippen molar-refractivity contribution < 1.29 is 23.8 Å². The molecule has 2 saturated heterocycles. The highest BCUT2D eigenvalue weighted by Crippen LogP contribution is 2.32. The number of rotatable bonds is 7. The number of ether oxygens (including phenoxy) is 3. The average molecular weight is 484 g/mol. The Kier molecular flexibility index (Phi) is 6.33. The lowest BCUT2D eigenvalue weighted by Gasteiger charge is -2.30. The number of nitrogens with one attached hydrogen (secondary N) is 2. The molecule has 5 rings (SSSR count). The fourth-order valence-corrected chi connectivity index (χ4v) is 3.78. The summed E-state index contributed by atoms with van der Waals surface area (Å²) in [5.74, 6) is 0.833. The van der Waals surface area contributed by atoms with Crippen molar-refractivity contribution >= 4 is 29.2 Å². The monoisotopic (exact) mass is 483 g/mol. The Morgan fingerprint density at radius 2 is 2.03 bits per heavy atom. The summed E-state index contributed by atoms with van der Waals surface area (Å²) in [7, 11) is 0. The Morgan fingerprint density at radius 1 is 1.18 bits per heavy atom. The van der Waals surface area contributed by atoms with Gasteiger partial charge in [-0.15, -0.1) is 0 Å². The van der Waals surface area contributed by atoms with E-state index < -0.39 is 0 Å². The maximum atomic E-state index is 12.8. The van der Waals surface area contributed by atoms with Gasteiger partial charge in [0.25, 0.3) is 11.8 Å². The molecule has 0 aliphatic carbocycles. The number of carbonyl (C=O) groups excluding carboxylic acids is 2. The summed E-state index contributed by atoms with van der Waals surface area (Å²) in [6.07, 6.45) is 4.60. The summed E-state index contributed by atoms with van der Waals surface area (Å²) < 4.78 is 17.3. The van der Waals surface area contributed by atoms with Gasteiger partial charge in [0, 0.05) is 43.4 Å². The molecule has 176 valence electrons. The maximum Gasteiger partial charge on any atom is 0.257 e. The molecule has 2 aliphatic rings. The van der Waals surface area contributed by atoms with Crippen molar-refractivity contribution in [2.24, 2.45) is 0 Å². The van der Waals surface area contributed by atoms with Gasteiger partial charge in [-0.1, -0.05) is 11.6 Å². The predicted octanol–water partition coefficient (Wildman–Crippen LogP) is 3.52. The smallest absolute Gasteiger partial charge is 0.257 e. The fourth-order valence-electron chi connectivity index (χ4n) is 3.58. The van der Waals surface area contributed by atoms with Gasteiger partial charge in [0.05, 0.1) is 25.0 Å². The number of benzene rings is 1. The van der Waals surface area contributed by atoms with Crippen LogP contribution >= 0.6 is 11.6 Å². The van der Waals surface area contributed by atoms with Gasteiger partial charge in [-0.25, -0.2) is 4.98 Å². The van der Waals surface area contributed by atoms with Crippen LogP contribution in [0.2, 0.25) is 5.02 Å². The second-order valence-corrected chi connectivity index (χ2v) is 8.39. The Balaban J connectivity index is 1.39. The Labute approximate surface area is 200 Å². The molecule has 1 atom stereocenters. The normalized spacial score (nSPS) is 17.2. The van der Waals surface area contributed by atoms with Crippen molar-refractivity contribution in [2.45, 2.75) is 18.9 Å². The van der Waals surface area contributed by atoms with Crippen molar-refractivity contribution in [1.29, 1.82) is 0 Å². The van der Waals surface area contributed by atoms with E-state index >= 15 is 0 Å². The number of H-pyrrole nitrogens is 1. The number of aromatic nitrogens is 3. The number of aromatic amines is 1. The molecular weight excluding hydrogens is 462 g/mol. The van der Waals surface area contributed by atoms with E-state index in [4.69, 9.17) is 25.8 Å². The van der Waals surface area contributed by atoms with Gasteiger partial charge < -0.3 is 24.4 Å². The second-order valence-electron chi connectivity index (χ2n) is 7.98. The van der Waals surface area contributed by atoms with Crippen molar-refractivity contribution in [3.8, 4) is 17.4 Å². The molecule has 1 aromatic carbocycles. The standard InChI is InChI=1S/C23H22ClN5O5/c24-19-10-15(23(31)29-5-1-6-29)12-25-22(19)34-18-9-14(21(30)27-20-2-4-26-28-20)8-17(11-18)33-16-3-7-32-13-16/h2,4,8-12,16H,1,3,5-7,13H2,(H2,26,27,28,30). The molecule has 0 bridgehead atoms. The summed E-state index contributed by atoms with van der Waals surface area (Å²) in [6.45, 7) is 2.56. The van der Waals surface area contributed by atoms with Crippen molar-refractivity contribution in [1.82, 2.24) is 20.1 Å². The van der Waals surface area contributed by atoms with E-state index in [1.165, 1.54) is 18.5 Å². The van der Waals surface area contributed by atoms with E-state index in [9.17, 15) is 9.59 Å². The van der Waals surface area contributed by atoms with Crippen LogP contribution in [0.3, 0.4) is 0 Å². The molecule has 10 nitrogen and oxygen atoms in total. The highest BCUT2D eigenvalue weighted by molar-refractivity contribution is 6.32. The van der Waals surface area contributed by atoms with Crippen LogP contribution in [0.25, 0.3) is 0 Å². The fraction of sp³-hybridized carbons (Fsp3) is 0.304. The Hall–Kier alpha value is -3.63. The number of nitrogens with zero attached hydrogens (tertiary/aromatic N) is 3. The molecule has 2 amide bonds. The number of pyridine rings is 1. The highest BCUT2D eigenvalue weighted by Gasteiger charge is 2.23. The molecule has 0 spiro atoms. The summed E-state index contributed by atoms with van der Waals surface area (Å²) in [6, 6.07) is 8.01. The molecular formula is C23H22ClN5O5. The summed E-state index contributed by atoms with van der Waals surface area (Å²) in [5, 5.41) is 9.42. The van der Waals surface area contributed by atoms with Crippen LogP contribution < -0.4 is 14.8 Å². The van der Waals surface area contributed by atoms with E-state index in [2.05, 4.69) is 20.5 Å². The number of carbonyl (C=O) groups is 2. The van der Waals surface area contributed by atoms with Crippen molar-refractivity contribution in [3.63, 3.8) is 0 Å². The number of anilines is 1. The molecule has 0 saturated carbocycles. The zero-order chi connectivity index (χ0) is 23.5. The Bertz CT molecular complexity index is 1190. The van der Waals surface area contributed by atoms with E-state index in [0.717, 1.165) is 25.9 Å². The first-order valence-electron chi connectivity index (χ1n) is 10.9. The molecule has 0 radical (unpaired) electrons. The Morgan fingerprint density at radius 3 is 2.71 bits per heavy atom. The van der Waals surface area contributed by atoms with E-state index in [1.54, 1.807) is 29.2 Å². The zero-order valence-electron chi connectivity index (χ0n) is 18.1. The maximum absolute atomic E-state index is 12.8. The van der Waals surface area contributed by atoms with E-state index in [1.807, 2.05) is 0 Å². The minimum Gasteiger partial charge on any atom is -0.488 e. The molecule has 2 N–H and O–H groups in total. The first-order chi connectivity index (χ1) is 16.5. The van der Waals surface area contributed by atoms with Gasteiger partial charge in [0.2, 0.25) is 5.88 Å². The SMILES string of the molecule is O=C(Nc1ccn[nH]1)c1cc(Oc2ncc(C(=O)N3CCC3)cc2Cl)cc(OC2CCOC2)c1. The third-order valence-corrected chi connectivity index (χ3v) is 5.76. The average Bonchev–Trinajstić information content (AvgIpc) is 3.48. The van der Waals surface area contributed by atoms with Crippen molar-refractivity contribution in [2.75, 3.05) is 31.6 Å². The lowest BCUT2D eigenvalue weighted by Crippen LogP contribution is -2.42. The van der Waals surface area contributed by atoms with Crippen LogP contribution in [0.5, 0.6) is 17.4 Å². The summed E-state index contributed by atoms with van der Waals surface area (Å²) in [4.78, 5) is 31.2. The number of halogens is 1. The van der Waals surface area contributed by atoms with Crippen LogP contribution in [0.4, 0.5) is 5.82 Å². The van der Waals surface area contributed by atoms with Gasteiger partial charge in [-0.3, -0.25) is 14.7 Å². The molecule has 11 heteroatoms. The number of hydrogen-bond acceptors (Lipinski definition) is 7. The lowest BCUT2D eigenvalue weighted by atomic mass is 10.1. The van der Waals surface area contributed by atoms with Gasteiger partial charge in [0.1, 0.15) is 28.4 Å². The lowest BCUT2D eigenvalue weighted by molar-refractivity contribution is 0.0651. The topological polar surface area (TPSA) is 119 Å². The largest absolute Gasteiger partial charge is 0.488 e. The highest BCUT2D eigenvalue weighted by atomic mass is 35.5. The molecule has 2 aliphatic heterocycles. The summed E-state index contributed by atoms with van der Waals surface area (Å²) in [5.41, 5.74) is 0.705. The first kappa shape index (κ1) is 22.2. The number of hydrogen-bond donors (Lipinski definition) is 2. The molecule has 1 unspecified atom stereocenters. The number of amides is 2. The summed E-state index contributed by atoms with van der Waals surface area (Å²) >= 11 is 6.37. The molecule has 4 heterocycles. The molecule has 2 fully saturated rings. The van der Waals surface area contributed by atoms with E-state index in [0.29, 0.717) is 41.7 Å². The van der Waals surface area contributed by atoms with Crippen LogP contribution in [0.1, 0.15) is 33.6 Å². The number of likely N-dealkylation sites (tertiary alicyclic amines) is 1. The van der Waals surface area contributed by atoms with Gasteiger partial charge in [0.15, 0.2) is 0 Å². The first-order valence-corrected chi connectivity index (χ1v) is 11.3. The minimum atomic E-state index is -0.378. The molecule has 3 aromatic rings.